The van der Waals surface area contributed by atoms with Gasteiger partial charge in [0, 0.05) is 41.3 Å². The van der Waals surface area contributed by atoms with Crippen molar-refractivity contribution in [2.75, 3.05) is 30.5 Å². The second-order valence-electron chi connectivity index (χ2n) is 10.7. The van der Waals surface area contributed by atoms with Crippen molar-refractivity contribution in [3.8, 4) is 18.4 Å². The molecule has 1 atom stereocenters. The molecule has 4 rings (SSSR count). The standard InChI is InChI=1S/C29H31F3N8/c1-6-18-14-34-27-19(13-33)9-20(10-23(27)26(18)35-16-29(3,4)5)37-28(22-7-8-25(32)36-17(22)2)24-15-40(39-38-24)21(11-30)12-31/h1,7-10,14-15,21,28,37-39H,11-12,16H2,2-5H3,(H,34,35)/t28-/m0/s1. The first-order valence-corrected chi connectivity index (χ1v) is 12.7. The van der Waals surface area contributed by atoms with Crippen molar-refractivity contribution < 1.29 is 13.2 Å². The van der Waals surface area contributed by atoms with Crippen LogP contribution in [0.4, 0.5) is 24.5 Å². The van der Waals surface area contributed by atoms with Gasteiger partial charge in [0.25, 0.3) is 0 Å². The normalized spacial score (nSPS) is 13.9. The number of hydrogen-bond donors (Lipinski definition) is 4. The Kier molecular flexibility index (Phi) is 8.36. The van der Waals surface area contributed by atoms with Gasteiger partial charge in [-0.25, -0.2) is 13.8 Å². The Morgan fingerprint density at radius 1 is 1.18 bits per heavy atom. The van der Waals surface area contributed by atoms with E-state index in [1.54, 1.807) is 31.5 Å². The van der Waals surface area contributed by atoms with Crippen molar-refractivity contribution in [1.82, 2.24) is 25.9 Å². The minimum absolute atomic E-state index is 0.0514. The molecule has 2 aromatic heterocycles. The maximum atomic E-state index is 13.9. The highest BCUT2D eigenvalue weighted by molar-refractivity contribution is 5.99. The quantitative estimate of drug-likeness (QED) is 0.219. The number of halogens is 3. The number of hydrazine groups is 2. The Labute approximate surface area is 231 Å². The fraction of sp³-hybridized carbons (Fsp3) is 0.345. The van der Waals surface area contributed by atoms with Gasteiger partial charge in [-0.1, -0.05) is 32.8 Å². The third-order valence-electron chi connectivity index (χ3n) is 6.43. The number of hydrogen-bond acceptors (Lipinski definition) is 8. The fourth-order valence-corrected chi connectivity index (χ4v) is 4.34. The number of aromatic nitrogens is 2. The summed E-state index contributed by atoms with van der Waals surface area (Å²) in [6.45, 7) is 6.74. The summed E-state index contributed by atoms with van der Waals surface area (Å²) in [5.41, 5.74) is 9.77. The SMILES string of the molecule is C#Cc1cnc2c(C#N)cc(N[C@H](C3=CN(C(CF)CF)NN3)c3ccc(F)nc3C)cc2c1NCC(C)(C)C. The smallest absolute Gasteiger partial charge is 0.213 e. The van der Waals surface area contributed by atoms with Crippen molar-refractivity contribution in [1.29, 1.82) is 5.26 Å². The van der Waals surface area contributed by atoms with E-state index in [-0.39, 0.29) is 5.41 Å². The van der Waals surface area contributed by atoms with E-state index in [1.807, 2.05) is 6.07 Å². The van der Waals surface area contributed by atoms with Crippen LogP contribution in [0.3, 0.4) is 0 Å². The molecule has 0 radical (unpaired) electrons. The summed E-state index contributed by atoms with van der Waals surface area (Å²) in [5.74, 6) is 2.03. The summed E-state index contributed by atoms with van der Waals surface area (Å²) in [6.07, 6.45) is 8.90. The highest BCUT2D eigenvalue weighted by Crippen LogP contribution is 2.35. The van der Waals surface area contributed by atoms with E-state index >= 15 is 0 Å². The molecule has 11 heteroatoms. The number of nitriles is 1. The van der Waals surface area contributed by atoms with Gasteiger partial charge >= 0.3 is 0 Å². The van der Waals surface area contributed by atoms with E-state index in [4.69, 9.17) is 6.42 Å². The molecule has 0 amide bonds. The third kappa shape index (κ3) is 6.05. The van der Waals surface area contributed by atoms with Crippen molar-refractivity contribution in [2.24, 2.45) is 5.41 Å². The van der Waals surface area contributed by atoms with Crippen LogP contribution in [0.15, 0.2) is 42.4 Å². The number of aryl methyl sites for hydroxylation is 1. The number of pyridine rings is 2. The molecule has 1 aliphatic rings. The Hall–Kier alpha value is -4.48. The van der Waals surface area contributed by atoms with Crippen molar-refractivity contribution in [2.45, 2.75) is 39.8 Å². The summed E-state index contributed by atoms with van der Waals surface area (Å²) < 4.78 is 40.7. The fourth-order valence-electron chi connectivity index (χ4n) is 4.34. The zero-order valence-electron chi connectivity index (χ0n) is 22.7. The molecule has 0 saturated carbocycles. The Morgan fingerprint density at radius 2 is 1.93 bits per heavy atom. The van der Waals surface area contributed by atoms with Crippen LogP contribution in [0.2, 0.25) is 0 Å². The second-order valence-corrected chi connectivity index (χ2v) is 10.7. The van der Waals surface area contributed by atoms with Gasteiger partial charge in [0.15, 0.2) is 0 Å². The van der Waals surface area contributed by atoms with Gasteiger partial charge in [-0.2, -0.15) is 9.65 Å². The summed E-state index contributed by atoms with van der Waals surface area (Å²) in [7, 11) is 0. The number of benzene rings is 1. The van der Waals surface area contributed by atoms with E-state index < -0.39 is 31.4 Å². The van der Waals surface area contributed by atoms with Crippen molar-refractivity contribution in [3.05, 3.63) is 70.7 Å². The number of nitrogens with one attached hydrogen (secondary N) is 4. The predicted octanol–water partition coefficient (Wildman–Crippen LogP) is 5.02. The number of alkyl halides is 2. The van der Waals surface area contributed by atoms with Crippen molar-refractivity contribution >= 4 is 22.3 Å². The maximum Gasteiger partial charge on any atom is 0.213 e. The van der Waals surface area contributed by atoms with Crippen LogP contribution in [0.1, 0.15) is 49.2 Å². The average Bonchev–Trinajstić information content (AvgIpc) is 3.40. The molecule has 1 aliphatic heterocycles. The Balaban J connectivity index is 1.84. The molecule has 0 bridgehead atoms. The molecule has 4 N–H and O–H groups in total. The molecule has 8 nitrogen and oxygen atoms in total. The van der Waals surface area contributed by atoms with E-state index in [9.17, 15) is 18.4 Å². The number of terminal acetylenes is 1. The molecular weight excluding hydrogens is 517 g/mol. The monoisotopic (exact) mass is 548 g/mol. The molecule has 40 heavy (non-hydrogen) atoms. The minimum atomic E-state index is -1.03. The largest absolute Gasteiger partial charge is 0.383 e. The molecule has 208 valence electrons. The van der Waals surface area contributed by atoms with Crippen LogP contribution in [-0.4, -0.2) is 40.9 Å². The Morgan fingerprint density at radius 3 is 2.55 bits per heavy atom. The summed E-state index contributed by atoms with van der Waals surface area (Å²) in [6, 6.07) is 6.83. The van der Waals surface area contributed by atoms with Gasteiger partial charge in [-0.15, -0.1) is 12.0 Å². The molecule has 0 spiro atoms. The zero-order chi connectivity index (χ0) is 29.0. The van der Waals surface area contributed by atoms with Gasteiger partial charge in [0.1, 0.15) is 25.5 Å². The first-order valence-electron chi connectivity index (χ1n) is 12.7. The molecular formula is C29H31F3N8. The molecule has 0 aliphatic carbocycles. The van der Waals surface area contributed by atoms with Gasteiger partial charge < -0.3 is 16.1 Å². The lowest BCUT2D eigenvalue weighted by Crippen LogP contribution is -2.45. The van der Waals surface area contributed by atoms with Gasteiger partial charge in [-0.05, 0) is 30.5 Å². The number of nitrogens with zero attached hydrogens (tertiary/aromatic N) is 4. The highest BCUT2D eigenvalue weighted by Gasteiger charge is 2.28. The molecule has 0 unspecified atom stereocenters. The summed E-state index contributed by atoms with van der Waals surface area (Å²) in [5, 5.41) is 18.8. The molecule has 0 fully saturated rings. The van der Waals surface area contributed by atoms with Crippen LogP contribution in [0, 0.1) is 42.0 Å². The molecule has 1 aromatic carbocycles. The van der Waals surface area contributed by atoms with Crippen LogP contribution in [0.25, 0.3) is 10.9 Å². The number of rotatable bonds is 9. The lowest BCUT2D eigenvalue weighted by Gasteiger charge is -2.24. The predicted molar refractivity (Wildman–Crippen MR) is 150 cm³/mol. The van der Waals surface area contributed by atoms with E-state index in [0.29, 0.717) is 56.9 Å². The maximum absolute atomic E-state index is 13.9. The molecule has 0 saturated heterocycles. The van der Waals surface area contributed by atoms with E-state index in [2.05, 4.69) is 64.3 Å². The minimum Gasteiger partial charge on any atom is -0.383 e. The van der Waals surface area contributed by atoms with Gasteiger partial charge in [0.05, 0.1) is 34.1 Å². The number of anilines is 2. The zero-order valence-corrected chi connectivity index (χ0v) is 22.7. The van der Waals surface area contributed by atoms with Crippen molar-refractivity contribution in [3.63, 3.8) is 0 Å². The topological polar surface area (TPSA) is 101 Å². The second kappa shape index (κ2) is 11.7. The van der Waals surface area contributed by atoms with E-state index in [0.717, 1.165) is 0 Å². The molecule has 3 aromatic rings. The first-order chi connectivity index (χ1) is 19.1. The number of fused-ring (bicyclic) bond motifs is 1. The van der Waals surface area contributed by atoms with Crippen LogP contribution >= 0.6 is 0 Å². The van der Waals surface area contributed by atoms with Crippen LogP contribution < -0.4 is 21.6 Å². The average molecular weight is 549 g/mol. The lowest BCUT2D eigenvalue weighted by atomic mass is 9.96. The Bertz CT molecular complexity index is 1510. The first kappa shape index (κ1) is 28.5. The van der Waals surface area contributed by atoms with Crippen LogP contribution in [0.5, 0.6) is 0 Å². The third-order valence-corrected chi connectivity index (χ3v) is 6.43. The summed E-state index contributed by atoms with van der Waals surface area (Å²) >= 11 is 0. The highest BCUT2D eigenvalue weighted by atomic mass is 19.1. The van der Waals surface area contributed by atoms with E-state index in [1.165, 1.54) is 11.1 Å². The van der Waals surface area contributed by atoms with Gasteiger partial charge in [0.2, 0.25) is 5.95 Å². The summed E-state index contributed by atoms with van der Waals surface area (Å²) in [4.78, 5) is 8.41. The molecule has 3 heterocycles. The van der Waals surface area contributed by atoms with Crippen LogP contribution in [-0.2, 0) is 0 Å². The van der Waals surface area contributed by atoms with Gasteiger partial charge in [-0.3, -0.25) is 9.99 Å². The lowest BCUT2D eigenvalue weighted by molar-refractivity contribution is 0.139.